The van der Waals surface area contributed by atoms with E-state index in [1.165, 1.54) is 12.1 Å². The highest BCUT2D eigenvalue weighted by molar-refractivity contribution is 5.47. The molecule has 7 heteroatoms. The van der Waals surface area contributed by atoms with Gasteiger partial charge in [-0.15, -0.1) is 0 Å². The lowest BCUT2D eigenvalue weighted by atomic mass is 10.2. The minimum Gasteiger partial charge on any atom is -0.370 e. The number of aromatic nitrogens is 3. The lowest BCUT2D eigenvalue weighted by Crippen LogP contribution is -2.30. The molecular formula is C19H20FN5O. The van der Waals surface area contributed by atoms with E-state index in [2.05, 4.69) is 24.9 Å². The molecular weight excluding hydrogens is 333 g/mol. The van der Waals surface area contributed by atoms with Gasteiger partial charge in [0.05, 0.1) is 6.54 Å². The molecule has 0 unspecified atom stereocenters. The normalized spacial score (nSPS) is 15.8. The third-order valence-electron chi connectivity index (χ3n) is 4.50. The average molecular weight is 353 g/mol. The molecule has 3 aromatic rings. The van der Waals surface area contributed by atoms with Gasteiger partial charge >= 0.3 is 0 Å². The molecule has 6 nitrogen and oxygen atoms in total. The van der Waals surface area contributed by atoms with E-state index in [1.807, 2.05) is 30.3 Å². The van der Waals surface area contributed by atoms with E-state index in [4.69, 9.17) is 4.52 Å². The minimum atomic E-state index is -0.203. The second-order valence-electron chi connectivity index (χ2n) is 6.32. The maximum absolute atomic E-state index is 13.1. The van der Waals surface area contributed by atoms with E-state index in [1.54, 1.807) is 6.20 Å². The van der Waals surface area contributed by atoms with Crippen molar-refractivity contribution < 1.29 is 8.91 Å². The molecule has 0 aliphatic carbocycles. The number of nitrogens with zero attached hydrogens (tertiary/aromatic N) is 5. The fourth-order valence-corrected chi connectivity index (χ4v) is 3.15. The molecule has 0 spiro atoms. The molecule has 26 heavy (non-hydrogen) atoms. The molecule has 1 aliphatic rings. The number of hydrogen-bond donors (Lipinski definition) is 0. The van der Waals surface area contributed by atoms with Gasteiger partial charge in [0.25, 0.3) is 0 Å². The van der Waals surface area contributed by atoms with Crippen LogP contribution in [-0.4, -0.2) is 46.2 Å². The summed E-state index contributed by atoms with van der Waals surface area (Å²) in [4.78, 5) is 13.3. The molecule has 0 saturated carbocycles. The molecule has 0 bridgehead atoms. The third kappa shape index (κ3) is 3.88. The second-order valence-corrected chi connectivity index (χ2v) is 6.32. The minimum absolute atomic E-state index is 0.203. The van der Waals surface area contributed by atoms with E-state index in [0.717, 1.165) is 38.3 Å². The number of pyridine rings is 1. The van der Waals surface area contributed by atoms with E-state index < -0.39 is 0 Å². The molecule has 0 atom stereocenters. The van der Waals surface area contributed by atoms with Gasteiger partial charge < -0.3 is 9.42 Å². The Kier molecular flexibility index (Phi) is 4.88. The predicted octanol–water partition coefficient (Wildman–Crippen LogP) is 2.98. The number of benzene rings is 1. The Bertz CT molecular complexity index is 837. The molecule has 1 aromatic carbocycles. The summed E-state index contributed by atoms with van der Waals surface area (Å²) in [6, 6.07) is 12.3. The smallest absolute Gasteiger partial charge is 0.241 e. The standard InChI is InChI=1S/C19H20FN5O/c20-15-5-7-16(8-6-15)25-11-3-10-24(12-13-25)14-18-22-19(23-26-18)17-4-1-2-9-21-17/h1-2,4-9H,3,10-14H2. The average Bonchev–Trinajstić information content (AvgIpc) is 3.02. The van der Waals surface area contributed by atoms with E-state index >= 15 is 0 Å². The Balaban J connectivity index is 1.38. The molecule has 0 N–H and O–H groups in total. The van der Waals surface area contributed by atoms with Gasteiger partial charge in [-0.25, -0.2) is 4.39 Å². The van der Waals surface area contributed by atoms with Gasteiger partial charge in [-0.2, -0.15) is 4.98 Å². The highest BCUT2D eigenvalue weighted by Crippen LogP contribution is 2.18. The Hall–Kier alpha value is -2.80. The topological polar surface area (TPSA) is 58.3 Å². The molecule has 0 radical (unpaired) electrons. The summed E-state index contributed by atoms with van der Waals surface area (Å²) in [5.74, 6) is 0.912. The van der Waals surface area contributed by atoms with Crippen LogP contribution in [0.4, 0.5) is 10.1 Å². The monoisotopic (exact) mass is 353 g/mol. The van der Waals surface area contributed by atoms with Crippen LogP contribution in [0.25, 0.3) is 11.5 Å². The zero-order chi connectivity index (χ0) is 17.8. The van der Waals surface area contributed by atoms with Gasteiger partial charge in [0.15, 0.2) is 0 Å². The number of halogens is 1. The largest absolute Gasteiger partial charge is 0.370 e. The third-order valence-corrected chi connectivity index (χ3v) is 4.50. The van der Waals surface area contributed by atoms with Crippen molar-refractivity contribution in [2.75, 3.05) is 31.1 Å². The van der Waals surface area contributed by atoms with E-state index in [9.17, 15) is 4.39 Å². The summed E-state index contributed by atoms with van der Waals surface area (Å²) in [5, 5.41) is 4.02. The summed E-state index contributed by atoms with van der Waals surface area (Å²) in [6.45, 7) is 4.30. The first-order valence-electron chi connectivity index (χ1n) is 8.75. The highest BCUT2D eigenvalue weighted by Gasteiger charge is 2.18. The Morgan fingerprint density at radius 3 is 2.69 bits per heavy atom. The molecule has 1 saturated heterocycles. The lowest BCUT2D eigenvalue weighted by Gasteiger charge is -2.23. The van der Waals surface area contributed by atoms with Gasteiger partial charge in [-0.3, -0.25) is 9.88 Å². The maximum atomic E-state index is 13.1. The molecule has 0 amide bonds. The summed E-state index contributed by atoms with van der Waals surface area (Å²) in [6.07, 6.45) is 2.74. The Morgan fingerprint density at radius 2 is 1.88 bits per heavy atom. The van der Waals surface area contributed by atoms with Crippen molar-refractivity contribution in [3.63, 3.8) is 0 Å². The summed E-state index contributed by atoms with van der Waals surface area (Å²) < 4.78 is 18.5. The van der Waals surface area contributed by atoms with Crippen LogP contribution in [0.1, 0.15) is 12.3 Å². The molecule has 2 aromatic heterocycles. The van der Waals surface area contributed by atoms with Crippen LogP contribution in [0.3, 0.4) is 0 Å². The Morgan fingerprint density at radius 1 is 1.00 bits per heavy atom. The van der Waals surface area contributed by atoms with Crippen LogP contribution in [-0.2, 0) is 6.54 Å². The molecule has 1 aliphatic heterocycles. The summed E-state index contributed by atoms with van der Waals surface area (Å²) >= 11 is 0. The first-order chi connectivity index (χ1) is 12.8. The highest BCUT2D eigenvalue weighted by atomic mass is 19.1. The lowest BCUT2D eigenvalue weighted by molar-refractivity contribution is 0.239. The number of hydrogen-bond acceptors (Lipinski definition) is 6. The van der Waals surface area contributed by atoms with Crippen molar-refractivity contribution in [2.24, 2.45) is 0 Å². The summed E-state index contributed by atoms with van der Waals surface area (Å²) in [5.41, 5.74) is 1.77. The second kappa shape index (κ2) is 7.61. The van der Waals surface area contributed by atoms with Crippen LogP contribution in [0.2, 0.25) is 0 Å². The van der Waals surface area contributed by atoms with Gasteiger partial charge in [0.1, 0.15) is 11.5 Å². The van der Waals surface area contributed by atoms with Gasteiger partial charge in [-0.05, 0) is 42.8 Å². The molecule has 1 fully saturated rings. The first kappa shape index (κ1) is 16.7. The fourth-order valence-electron chi connectivity index (χ4n) is 3.15. The van der Waals surface area contributed by atoms with Crippen molar-refractivity contribution >= 4 is 5.69 Å². The van der Waals surface area contributed by atoms with Gasteiger partial charge in [0, 0.05) is 38.1 Å². The Labute approximate surface area is 151 Å². The fraction of sp³-hybridized carbons (Fsp3) is 0.316. The first-order valence-corrected chi connectivity index (χ1v) is 8.75. The summed E-state index contributed by atoms with van der Waals surface area (Å²) in [7, 11) is 0. The van der Waals surface area contributed by atoms with Crippen LogP contribution < -0.4 is 4.90 Å². The zero-order valence-electron chi connectivity index (χ0n) is 14.4. The van der Waals surface area contributed by atoms with Crippen molar-refractivity contribution in [2.45, 2.75) is 13.0 Å². The van der Waals surface area contributed by atoms with Crippen molar-refractivity contribution in [1.82, 2.24) is 20.0 Å². The van der Waals surface area contributed by atoms with Crippen molar-refractivity contribution in [3.05, 3.63) is 60.4 Å². The van der Waals surface area contributed by atoms with Crippen molar-refractivity contribution in [1.29, 1.82) is 0 Å². The van der Waals surface area contributed by atoms with Gasteiger partial charge in [-0.1, -0.05) is 11.2 Å². The van der Waals surface area contributed by atoms with E-state index in [-0.39, 0.29) is 5.82 Å². The zero-order valence-corrected chi connectivity index (χ0v) is 14.4. The SMILES string of the molecule is Fc1ccc(N2CCCN(Cc3nc(-c4ccccn4)no3)CC2)cc1. The van der Waals surface area contributed by atoms with Crippen LogP contribution in [0.5, 0.6) is 0 Å². The van der Waals surface area contributed by atoms with E-state index in [0.29, 0.717) is 24.0 Å². The quantitative estimate of drug-likeness (QED) is 0.719. The number of rotatable bonds is 4. The number of anilines is 1. The van der Waals surface area contributed by atoms with Crippen LogP contribution in [0.15, 0.2) is 53.2 Å². The molecule has 134 valence electrons. The molecule has 3 heterocycles. The predicted molar refractivity (Wildman–Crippen MR) is 96.0 cm³/mol. The van der Waals surface area contributed by atoms with Crippen LogP contribution >= 0.6 is 0 Å². The molecule has 4 rings (SSSR count). The van der Waals surface area contributed by atoms with Crippen LogP contribution in [0, 0.1) is 5.82 Å². The maximum Gasteiger partial charge on any atom is 0.241 e. The van der Waals surface area contributed by atoms with Crippen molar-refractivity contribution in [3.8, 4) is 11.5 Å². The van der Waals surface area contributed by atoms with Gasteiger partial charge in [0.2, 0.25) is 11.7 Å².